The average Bonchev–Trinajstić information content (AvgIpc) is 2.99. The molecule has 7 nitrogen and oxygen atoms in total. The highest BCUT2D eigenvalue weighted by molar-refractivity contribution is 7.89. The summed E-state index contributed by atoms with van der Waals surface area (Å²) in [7, 11) is 4.90. The van der Waals surface area contributed by atoms with E-state index < -0.39 is 22.8 Å². The van der Waals surface area contributed by atoms with Crippen molar-refractivity contribution in [2.75, 3.05) is 19.4 Å². The van der Waals surface area contributed by atoms with Gasteiger partial charge in [-0.05, 0) is 44.5 Å². The lowest BCUT2D eigenvalue weighted by Crippen LogP contribution is -2.54. The van der Waals surface area contributed by atoms with Crippen molar-refractivity contribution in [2.24, 2.45) is 7.05 Å². The minimum Gasteiger partial charge on any atom is -0.593 e. The van der Waals surface area contributed by atoms with Crippen LogP contribution < -0.4 is 10.0 Å². The monoisotopic (exact) mass is 408 g/mol. The molecule has 0 aliphatic heterocycles. The first-order valence-corrected chi connectivity index (χ1v) is 9.72. The summed E-state index contributed by atoms with van der Waals surface area (Å²) < 4.78 is 30.4. The standard InChI is InChI=1S/C19H25FN4O3S/c1-12-9-13(7-8-15(12)20)21-17(25)16-10-14(11-24(16)6)28(27)22-19(2,3)18(26)23(4)5/h7-11,22H,1-6H3,(H,21,25). The molecule has 1 atom stereocenters. The maximum atomic E-state index is 13.4. The Morgan fingerprint density at radius 3 is 2.46 bits per heavy atom. The van der Waals surface area contributed by atoms with Crippen molar-refractivity contribution < 1.29 is 18.5 Å². The largest absolute Gasteiger partial charge is 0.593 e. The van der Waals surface area contributed by atoms with E-state index in [1.54, 1.807) is 52.7 Å². The Labute approximate surface area is 167 Å². The summed E-state index contributed by atoms with van der Waals surface area (Å²) in [5.74, 6) is -0.989. The van der Waals surface area contributed by atoms with Crippen LogP contribution in [0.5, 0.6) is 0 Å². The highest BCUT2D eigenvalue weighted by atomic mass is 32.2. The van der Waals surface area contributed by atoms with E-state index in [2.05, 4.69) is 10.0 Å². The second-order valence-electron chi connectivity index (χ2n) is 7.29. The molecule has 9 heteroatoms. The predicted octanol–water partition coefficient (Wildman–Crippen LogP) is 2.20. The lowest BCUT2D eigenvalue weighted by Gasteiger charge is -2.27. The summed E-state index contributed by atoms with van der Waals surface area (Å²) in [4.78, 5) is 26.5. The number of hydrogen-bond donors (Lipinski definition) is 2. The van der Waals surface area contributed by atoms with Gasteiger partial charge in [-0.2, -0.15) is 0 Å². The van der Waals surface area contributed by atoms with Gasteiger partial charge in [-0.1, -0.05) is 0 Å². The van der Waals surface area contributed by atoms with Crippen LogP contribution in [0.15, 0.2) is 35.4 Å². The summed E-state index contributed by atoms with van der Waals surface area (Å²) in [5.41, 5.74) is 0.120. The van der Waals surface area contributed by atoms with E-state index in [1.165, 1.54) is 29.2 Å². The number of halogens is 1. The zero-order chi connectivity index (χ0) is 21.2. The van der Waals surface area contributed by atoms with Gasteiger partial charge in [-0.3, -0.25) is 9.59 Å². The molecule has 0 bridgehead atoms. The number of carbonyl (C=O) groups excluding carboxylic acids is 2. The zero-order valence-corrected chi connectivity index (χ0v) is 17.6. The molecule has 0 aliphatic carbocycles. The number of likely N-dealkylation sites (N-methyl/N-ethyl adjacent to an activating group) is 1. The molecule has 28 heavy (non-hydrogen) atoms. The lowest BCUT2D eigenvalue weighted by atomic mass is 10.1. The fourth-order valence-electron chi connectivity index (χ4n) is 2.67. The summed E-state index contributed by atoms with van der Waals surface area (Å²) in [6, 6.07) is 5.78. The van der Waals surface area contributed by atoms with E-state index in [0.717, 1.165) is 0 Å². The second-order valence-corrected chi connectivity index (χ2v) is 8.50. The normalized spacial score (nSPS) is 12.6. The van der Waals surface area contributed by atoms with Crippen LogP contribution in [-0.4, -0.2) is 45.5 Å². The van der Waals surface area contributed by atoms with Crippen molar-refractivity contribution in [1.82, 2.24) is 14.2 Å². The fourth-order valence-corrected chi connectivity index (χ4v) is 3.81. The fraction of sp³-hybridized carbons (Fsp3) is 0.368. The van der Waals surface area contributed by atoms with E-state index in [1.807, 2.05) is 0 Å². The number of aromatic nitrogens is 1. The van der Waals surface area contributed by atoms with Crippen LogP contribution in [0, 0.1) is 12.7 Å². The number of amides is 2. The van der Waals surface area contributed by atoms with Gasteiger partial charge in [0.2, 0.25) is 5.91 Å². The number of rotatable bonds is 6. The molecule has 2 rings (SSSR count). The number of anilines is 1. The highest BCUT2D eigenvalue weighted by Gasteiger charge is 2.35. The molecule has 0 fully saturated rings. The molecule has 1 heterocycles. The highest BCUT2D eigenvalue weighted by Crippen LogP contribution is 2.19. The van der Waals surface area contributed by atoms with E-state index in [0.29, 0.717) is 16.1 Å². The Bertz CT molecular complexity index is 895. The van der Waals surface area contributed by atoms with Gasteiger partial charge in [0.1, 0.15) is 17.1 Å². The minimum atomic E-state index is -1.70. The van der Waals surface area contributed by atoms with Crippen molar-refractivity contribution in [3.63, 3.8) is 0 Å². The molecule has 2 amide bonds. The molecule has 1 aromatic heterocycles. The predicted molar refractivity (Wildman–Crippen MR) is 107 cm³/mol. The molecule has 0 saturated heterocycles. The third kappa shape index (κ3) is 4.92. The Morgan fingerprint density at radius 1 is 1.25 bits per heavy atom. The van der Waals surface area contributed by atoms with Crippen LogP contribution >= 0.6 is 0 Å². The zero-order valence-electron chi connectivity index (χ0n) is 16.8. The summed E-state index contributed by atoms with van der Waals surface area (Å²) in [5, 5.41) is 2.69. The maximum Gasteiger partial charge on any atom is 0.272 e. The first-order chi connectivity index (χ1) is 12.9. The molecule has 2 aromatic rings. The molecule has 1 unspecified atom stereocenters. The van der Waals surface area contributed by atoms with E-state index in [4.69, 9.17) is 0 Å². The Hall–Kier alpha value is -2.36. The van der Waals surface area contributed by atoms with Crippen LogP contribution in [0.4, 0.5) is 10.1 Å². The summed E-state index contributed by atoms with van der Waals surface area (Å²) >= 11 is -1.70. The Morgan fingerprint density at radius 2 is 1.89 bits per heavy atom. The van der Waals surface area contributed by atoms with E-state index >= 15 is 0 Å². The molecular weight excluding hydrogens is 383 g/mol. The minimum absolute atomic E-state index is 0.221. The van der Waals surface area contributed by atoms with Crippen molar-refractivity contribution in [2.45, 2.75) is 31.2 Å². The lowest BCUT2D eigenvalue weighted by molar-refractivity contribution is -0.133. The van der Waals surface area contributed by atoms with Gasteiger partial charge in [-0.15, -0.1) is 4.72 Å². The van der Waals surface area contributed by atoms with E-state index in [9.17, 15) is 18.5 Å². The first kappa shape index (κ1) is 21.9. The van der Waals surface area contributed by atoms with Crippen LogP contribution in [0.2, 0.25) is 0 Å². The molecule has 0 saturated carbocycles. The number of nitrogens with zero attached hydrogens (tertiary/aromatic N) is 2. The Kier molecular flexibility index (Phi) is 6.53. The van der Waals surface area contributed by atoms with Gasteiger partial charge in [-0.25, -0.2) is 4.39 Å². The van der Waals surface area contributed by atoms with Crippen molar-refractivity contribution in [3.05, 3.63) is 47.5 Å². The van der Waals surface area contributed by atoms with Crippen LogP contribution in [0.25, 0.3) is 0 Å². The molecule has 0 aliphatic rings. The third-order valence-electron chi connectivity index (χ3n) is 4.13. The SMILES string of the molecule is Cc1cc(NC(=O)c2cc([S+]([O-])NC(C)(C)C(=O)N(C)C)cn2C)ccc1F. The van der Waals surface area contributed by atoms with Gasteiger partial charge < -0.3 is 19.3 Å². The van der Waals surface area contributed by atoms with E-state index in [-0.39, 0.29) is 17.4 Å². The molecule has 1 aromatic carbocycles. The van der Waals surface area contributed by atoms with Gasteiger partial charge in [0.25, 0.3) is 5.91 Å². The van der Waals surface area contributed by atoms with Gasteiger partial charge in [0, 0.05) is 32.9 Å². The molecule has 0 spiro atoms. The number of nitrogens with one attached hydrogen (secondary N) is 2. The third-order valence-corrected chi connectivity index (χ3v) is 5.48. The van der Waals surface area contributed by atoms with Gasteiger partial charge in [0.05, 0.1) is 17.6 Å². The van der Waals surface area contributed by atoms with Crippen LogP contribution in [-0.2, 0) is 23.2 Å². The number of aryl methyl sites for hydroxylation is 2. The van der Waals surface area contributed by atoms with Crippen molar-refractivity contribution in [3.8, 4) is 0 Å². The summed E-state index contributed by atoms with van der Waals surface area (Å²) in [6.45, 7) is 4.89. The quantitative estimate of drug-likeness (QED) is 0.717. The number of benzene rings is 1. The smallest absolute Gasteiger partial charge is 0.272 e. The van der Waals surface area contributed by atoms with Crippen LogP contribution in [0.3, 0.4) is 0 Å². The summed E-state index contributed by atoms with van der Waals surface area (Å²) in [6.07, 6.45) is 1.56. The first-order valence-electron chi connectivity index (χ1n) is 8.57. The Balaban J connectivity index is 2.16. The average molecular weight is 408 g/mol. The molecule has 0 radical (unpaired) electrons. The van der Waals surface area contributed by atoms with Gasteiger partial charge >= 0.3 is 0 Å². The van der Waals surface area contributed by atoms with Crippen LogP contribution in [0.1, 0.15) is 29.9 Å². The second kappa shape index (κ2) is 8.34. The van der Waals surface area contributed by atoms with Gasteiger partial charge in [0.15, 0.2) is 4.90 Å². The number of carbonyl (C=O) groups is 2. The molecule has 2 N–H and O–H groups in total. The molecule has 152 valence electrons. The molecular formula is C19H25FN4O3S. The number of hydrogen-bond acceptors (Lipinski definition) is 4. The topological polar surface area (TPSA) is 89.4 Å². The van der Waals surface area contributed by atoms with Crippen molar-refractivity contribution in [1.29, 1.82) is 0 Å². The maximum absolute atomic E-state index is 13.4. The van der Waals surface area contributed by atoms with Crippen molar-refractivity contribution >= 4 is 28.9 Å².